The number of carbonyl (C=O) groups is 1. The van der Waals surface area contributed by atoms with Gasteiger partial charge in [0.25, 0.3) is 0 Å². The standard InChI is InChI=1S/C12H16N2O3S/c1-8-2-5-10(18(13,16)17)7-11(8)14-12(15)6-9-3-4-9/h2,5,7,9H,3-4,6H2,1H3,(H,14,15)(H2,13,16,17). The van der Waals surface area contributed by atoms with Gasteiger partial charge < -0.3 is 5.32 Å². The van der Waals surface area contributed by atoms with Crippen LogP contribution in [-0.4, -0.2) is 14.3 Å². The number of sulfonamides is 1. The molecule has 5 nitrogen and oxygen atoms in total. The Morgan fingerprint density at radius 1 is 1.44 bits per heavy atom. The van der Waals surface area contributed by atoms with E-state index in [1.165, 1.54) is 12.1 Å². The van der Waals surface area contributed by atoms with Crippen LogP contribution in [0.15, 0.2) is 23.1 Å². The van der Waals surface area contributed by atoms with E-state index >= 15 is 0 Å². The fourth-order valence-electron chi connectivity index (χ4n) is 1.70. The molecule has 18 heavy (non-hydrogen) atoms. The smallest absolute Gasteiger partial charge is 0.238 e. The zero-order chi connectivity index (χ0) is 13.3. The van der Waals surface area contributed by atoms with Gasteiger partial charge >= 0.3 is 0 Å². The molecule has 0 atom stereocenters. The molecule has 1 aromatic rings. The summed E-state index contributed by atoms with van der Waals surface area (Å²) >= 11 is 0. The lowest BCUT2D eigenvalue weighted by Crippen LogP contribution is -2.15. The van der Waals surface area contributed by atoms with Gasteiger partial charge in [-0.25, -0.2) is 13.6 Å². The van der Waals surface area contributed by atoms with Crippen molar-refractivity contribution in [1.29, 1.82) is 0 Å². The maximum absolute atomic E-state index is 11.7. The summed E-state index contributed by atoms with van der Waals surface area (Å²) in [4.78, 5) is 11.7. The number of amides is 1. The highest BCUT2D eigenvalue weighted by Crippen LogP contribution is 2.32. The topological polar surface area (TPSA) is 89.3 Å². The van der Waals surface area contributed by atoms with Crippen molar-refractivity contribution in [2.24, 2.45) is 11.1 Å². The number of nitrogens with two attached hydrogens (primary N) is 1. The van der Waals surface area contributed by atoms with Crippen LogP contribution in [0.5, 0.6) is 0 Å². The summed E-state index contributed by atoms with van der Waals surface area (Å²) in [5.74, 6) is 0.416. The van der Waals surface area contributed by atoms with Crippen LogP contribution in [0.3, 0.4) is 0 Å². The molecule has 3 N–H and O–H groups in total. The second-order valence-corrected chi connectivity index (χ2v) is 6.28. The number of carbonyl (C=O) groups excluding carboxylic acids is 1. The SMILES string of the molecule is Cc1ccc(S(N)(=O)=O)cc1NC(=O)CC1CC1. The Kier molecular flexibility index (Phi) is 3.41. The number of aryl methyl sites for hydroxylation is 1. The quantitative estimate of drug-likeness (QED) is 0.864. The van der Waals surface area contributed by atoms with E-state index in [4.69, 9.17) is 5.14 Å². The molecule has 1 fully saturated rings. The van der Waals surface area contributed by atoms with E-state index < -0.39 is 10.0 Å². The van der Waals surface area contributed by atoms with Crippen LogP contribution in [0.4, 0.5) is 5.69 Å². The third kappa shape index (κ3) is 3.30. The zero-order valence-corrected chi connectivity index (χ0v) is 11.0. The molecular weight excluding hydrogens is 252 g/mol. The highest BCUT2D eigenvalue weighted by Gasteiger charge is 2.24. The van der Waals surface area contributed by atoms with Gasteiger partial charge in [-0.1, -0.05) is 6.07 Å². The molecule has 1 aliphatic carbocycles. The molecule has 0 aromatic heterocycles. The van der Waals surface area contributed by atoms with Crippen molar-refractivity contribution < 1.29 is 13.2 Å². The molecule has 1 saturated carbocycles. The summed E-state index contributed by atoms with van der Waals surface area (Å²) in [5.41, 5.74) is 1.32. The monoisotopic (exact) mass is 268 g/mol. The first-order valence-corrected chi connectivity index (χ1v) is 7.34. The lowest BCUT2D eigenvalue weighted by atomic mass is 10.2. The maximum atomic E-state index is 11.7. The predicted molar refractivity (Wildman–Crippen MR) is 68.5 cm³/mol. The summed E-state index contributed by atoms with van der Waals surface area (Å²) < 4.78 is 22.5. The summed E-state index contributed by atoms with van der Waals surface area (Å²) in [6.45, 7) is 1.81. The average molecular weight is 268 g/mol. The van der Waals surface area contributed by atoms with E-state index in [0.29, 0.717) is 18.0 Å². The first-order valence-electron chi connectivity index (χ1n) is 5.79. The number of primary sulfonamides is 1. The lowest BCUT2D eigenvalue weighted by molar-refractivity contribution is -0.116. The van der Waals surface area contributed by atoms with Crippen LogP contribution in [0, 0.1) is 12.8 Å². The fraction of sp³-hybridized carbons (Fsp3) is 0.417. The number of hydrogen-bond donors (Lipinski definition) is 2. The van der Waals surface area contributed by atoms with Gasteiger partial charge in [0.1, 0.15) is 0 Å². The molecule has 0 heterocycles. The molecule has 1 aromatic carbocycles. The van der Waals surface area contributed by atoms with Crippen molar-refractivity contribution in [2.75, 3.05) is 5.32 Å². The maximum Gasteiger partial charge on any atom is 0.238 e. The third-order valence-electron chi connectivity index (χ3n) is 2.98. The highest BCUT2D eigenvalue weighted by atomic mass is 32.2. The van der Waals surface area contributed by atoms with Gasteiger partial charge in [-0.15, -0.1) is 0 Å². The molecule has 0 spiro atoms. The normalized spacial score (nSPS) is 15.4. The Morgan fingerprint density at radius 2 is 2.11 bits per heavy atom. The van der Waals surface area contributed by atoms with Gasteiger partial charge in [0.05, 0.1) is 4.90 Å². The molecule has 0 saturated heterocycles. The zero-order valence-electron chi connectivity index (χ0n) is 10.1. The molecule has 0 aliphatic heterocycles. The van der Waals surface area contributed by atoms with Crippen LogP contribution in [-0.2, 0) is 14.8 Å². The summed E-state index contributed by atoms with van der Waals surface area (Å²) in [5, 5.41) is 7.79. The van der Waals surface area contributed by atoms with Crippen molar-refractivity contribution in [1.82, 2.24) is 0 Å². The van der Waals surface area contributed by atoms with Crippen molar-refractivity contribution >= 4 is 21.6 Å². The largest absolute Gasteiger partial charge is 0.326 e. The minimum atomic E-state index is -3.74. The highest BCUT2D eigenvalue weighted by molar-refractivity contribution is 7.89. The van der Waals surface area contributed by atoms with Crippen molar-refractivity contribution in [3.8, 4) is 0 Å². The second-order valence-electron chi connectivity index (χ2n) is 4.72. The molecule has 1 aliphatic rings. The van der Waals surface area contributed by atoms with Gasteiger partial charge in [0.15, 0.2) is 0 Å². The Morgan fingerprint density at radius 3 is 2.67 bits per heavy atom. The lowest BCUT2D eigenvalue weighted by Gasteiger charge is -2.09. The van der Waals surface area contributed by atoms with E-state index in [-0.39, 0.29) is 10.8 Å². The first-order chi connectivity index (χ1) is 8.36. The summed E-state index contributed by atoms with van der Waals surface area (Å²) in [6.07, 6.45) is 2.70. The average Bonchev–Trinajstić information content (AvgIpc) is 3.03. The third-order valence-corrected chi connectivity index (χ3v) is 3.89. The molecule has 0 bridgehead atoms. The van der Waals surface area contributed by atoms with E-state index in [9.17, 15) is 13.2 Å². The number of anilines is 1. The van der Waals surface area contributed by atoms with Crippen LogP contribution < -0.4 is 10.5 Å². The second kappa shape index (κ2) is 4.70. The fourth-order valence-corrected chi connectivity index (χ4v) is 2.24. The van der Waals surface area contributed by atoms with E-state index in [1.54, 1.807) is 13.0 Å². The van der Waals surface area contributed by atoms with Crippen LogP contribution >= 0.6 is 0 Å². The molecule has 6 heteroatoms. The van der Waals surface area contributed by atoms with Crippen molar-refractivity contribution in [3.05, 3.63) is 23.8 Å². The van der Waals surface area contributed by atoms with E-state index in [0.717, 1.165) is 18.4 Å². The van der Waals surface area contributed by atoms with Gasteiger partial charge in [-0.05, 0) is 43.4 Å². The number of hydrogen-bond acceptors (Lipinski definition) is 3. The number of nitrogens with one attached hydrogen (secondary N) is 1. The molecule has 2 rings (SSSR count). The van der Waals surface area contributed by atoms with Gasteiger partial charge in [-0.2, -0.15) is 0 Å². The predicted octanol–water partition coefficient (Wildman–Crippen LogP) is 1.38. The minimum Gasteiger partial charge on any atom is -0.326 e. The van der Waals surface area contributed by atoms with E-state index in [1.807, 2.05) is 0 Å². The number of benzene rings is 1. The van der Waals surface area contributed by atoms with Crippen molar-refractivity contribution in [3.63, 3.8) is 0 Å². The van der Waals surface area contributed by atoms with Gasteiger partial charge in [0, 0.05) is 12.1 Å². The summed E-state index contributed by atoms with van der Waals surface area (Å²) in [7, 11) is -3.74. The summed E-state index contributed by atoms with van der Waals surface area (Å²) in [6, 6.07) is 4.46. The van der Waals surface area contributed by atoms with E-state index in [2.05, 4.69) is 5.32 Å². The molecule has 0 radical (unpaired) electrons. The van der Waals surface area contributed by atoms with Crippen molar-refractivity contribution in [2.45, 2.75) is 31.1 Å². The van der Waals surface area contributed by atoms with Crippen LogP contribution in [0.2, 0.25) is 0 Å². The first kappa shape index (κ1) is 13.0. The molecule has 0 unspecified atom stereocenters. The minimum absolute atomic E-state index is 0.00909. The Bertz CT molecular complexity index is 577. The molecular formula is C12H16N2O3S. The van der Waals surface area contributed by atoms with Crippen LogP contribution in [0.1, 0.15) is 24.8 Å². The van der Waals surface area contributed by atoms with Gasteiger partial charge in [0.2, 0.25) is 15.9 Å². The van der Waals surface area contributed by atoms with Gasteiger partial charge in [-0.3, -0.25) is 4.79 Å². The Hall–Kier alpha value is -1.40. The molecule has 98 valence electrons. The molecule has 1 amide bonds. The Labute approximate surface area is 106 Å². The number of rotatable bonds is 4. The van der Waals surface area contributed by atoms with Crippen LogP contribution in [0.25, 0.3) is 0 Å². The Balaban J connectivity index is 2.17.